The minimum Gasteiger partial charge on any atom is -0.462 e. The van der Waals surface area contributed by atoms with E-state index in [1.54, 1.807) is 0 Å². The van der Waals surface area contributed by atoms with Gasteiger partial charge in [0.1, 0.15) is 12.2 Å². The number of carbonyl (C=O) groups is 1. The monoisotopic (exact) mass is 406 g/mol. The molecule has 29 heavy (non-hydrogen) atoms. The molecule has 0 aromatic carbocycles. The molecule has 10 atom stereocenters. The Morgan fingerprint density at radius 2 is 2.07 bits per heavy atom. The zero-order valence-electron chi connectivity index (χ0n) is 18.4. The van der Waals surface area contributed by atoms with E-state index in [0.717, 1.165) is 32.3 Å². The van der Waals surface area contributed by atoms with Crippen LogP contribution in [-0.4, -0.2) is 48.2 Å². The first-order chi connectivity index (χ1) is 13.9. The largest absolute Gasteiger partial charge is 0.462 e. The lowest BCUT2D eigenvalue weighted by atomic mass is 9.62. The Bertz CT molecular complexity index is 631. The molecule has 0 spiro atoms. The second kappa shape index (κ2) is 8.68. The Morgan fingerprint density at radius 1 is 1.28 bits per heavy atom. The third kappa shape index (κ3) is 4.57. The molecule has 2 aliphatic carbocycles. The van der Waals surface area contributed by atoms with E-state index in [9.17, 15) is 9.90 Å². The molecular weight excluding hydrogens is 368 g/mol. The zero-order chi connectivity index (χ0) is 20.7. The number of hydrogen-bond donors (Lipinski definition) is 1. The van der Waals surface area contributed by atoms with Gasteiger partial charge in [0.15, 0.2) is 0 Å². The van der Waals surface area contributed by atoms with Gasteiger partial charge in [-0.25, -0.2) is 0 Å². The molecular formula is C24H38O5. The van der Waals surface area contributed by atoms with Crippen LogP contribution >= 0.6 is 0 Å². The molecule has 4 rings (SSSR count). The number of esters is 1. The fourth-order valence-corrected chi connectivity index (χ4v) is 5.84. The Hall–Kier alpha value is -0.910. The van der Waals surface area contributed by atoms with Crippen molar-refractivity contribution in [2.75, 3.05) is 6.61 Å². The summed E-state index contributed by atoms with van der Waals surface area (Å²) in [7, 11) is 0. The first kappa shape index (κ1) is 21.3. The Morgan fingerprint density at radius 3 is 2.79 bits per heavy atom. The second-order valence-corrected chi connectivity index (χ2v) is 10.1. The highest BCUT2D eigenvalue weighted by Crippen LogP contribution is 2.55. The van der Waals surface area contributed by atoms with Gasteiger partial charge in [0.25, 0.3) is 0 Å². The lowest BCUT2D eigenvalue weighted by molar-refractivity contribution is -0.160. The van der Waals surface area contributed by atoms with Crippen molar-refractivity contribution in [3.63, 3.8) is 0 Å². The van der Waals surface area contributed by atoms with E-state index >= 15 is 0 Å². The van der Waals surface area contributed by atoms with Gasteiger partial charge in [0.05, 0.1) is 24.7 Å². The van der Waals surface area contributed by atoms with E-state index in [2.05, 4.69) is 33.8 Å². The van der Waals surface area contributed by atoms with Gasteiger partial charge in [-0.2, -0.15) is 0 Å². The predicted molar refractivity (Wildman–Crippen MR) is 110 cm³/mol. The summed E-state index contributed by atoms with van der Waals surface area (Å²) in [5.74, 6) is 2.19. The second-order valence-electron chi connectivity index (χ2n) is 10.1. The molecule has 2 aliphatic heterocycles. The van der Waals surface area contributed by atoms with Gasteiger partial charge >= 0.3 is 5.97 Å². The molecule has 3 fully saturated rings. The third-order valence-corrected chi connectivity index (χ3v) is 7.72. The smallest absolute Gasteiger partial charge is 0.308 e. The number of ether oxygens (including phenoxy) is 3. The van der Waals surface area contributed by atoms with Crippen LogP contribution in [0.4, 0.5) is 0 Å². The number of fused-ring (bicyclic) bond motifs is 3. The van der Waals surface area contributed by atoms with Crippen LogP contribution in [-0.2, 0) is 19.0 Å². The number of allylic oxidation sites excluding steroid dienone is 1. The molecule has 0 radical (unpaired) electrons. The van der Waals surface area contributed by atoms with Crippen molar-refractivity contribution < 1.29 is 24.1 Å². The number of carbonyl (C=O) groups excluding carboxylic acids is 1. The van der Waals surface area contributed by atoms with Crippen LogP contribution in [0.3, 0.4) is 0 Å². The van der Waals surface area contributed by atoms with Crippen molar-refractivity contribution >= 4 is 5.97 Å². The van der Waals surface area contributed by atoms with Crippen LogP contribution in [0.2, 0.25) is 0 Å². The van der Waals surface area contributed by atoms with E-state index < -0.39 is 6.10 Å². The van der Waals surface area contributed by atoms with Crippen LogP contribution in [0.15, 0.2) is 11.6 Å². The molecule has 5 nitrogen and oxygen atoms in total. The molecule has 4 aliphatic rings. The summed E-state index contributed by atoms with van der Waals surface area (Å²) in [5.41, 5.74) is 1.46. The molecule has 0 aromatic rings. The fourth-order valence-electron chi connectivity index (χ4n) is 5.84. The lowest BCUT2D eigenvalue weighted by Crippen LogP contribution is -2.45. The lowest BCUT2D eigenvalue weighted by Gasteiger charge is -2.44. The van der Waals surface area contributed by atoms with Gasteiger partial charge in [-0.1, -0.05) is 40.2 Å². The zero-order valence-corrected chi connectivity index (χ0v) is 18.4. The summed E-state index contributed by atoms with van der Waals surface area (Å²) in [5, 5.41) is 9.94. The minimum absolute atomic E-state index is 0.132. The van der Waals surface area contributed by atoms with E-state index in [0.29, 0.717) is 42.1 Å². The number of aliphatic hydroxyl groups excluding tert-OH is 1. The molecule has 2 heterocycles. The van der Waals surface area contributed by atoms with E-state index in [-0.39, 0.29) is 30.7 Å². The Balaban J connectivity index is 1.48. The van der Waals surface area contributed by atoms with Gasteiger partial charge in [0.2, 0.25) is 0 Å². The summed E-state index contributed by atoms with van der Waals surface area (Å²) in [4.78, 5) is 11.7. The average Bonchev–Trinajstić information content (AvgIpc) is 3.46. The number of rotatable bonds is 7. The summed E-state index contributed by atoms with van der Waals surface area (Å²) >= 11 is 0. The van der Waals surface area contributed by atoms with Crippen molar-refractivity contribution in [2.45, 2.75) is 96.7 Å². The minimum atomic E-state index is -0.557. The van der Waals surface area contributed by atoms with Gasteiger partial charge in [0, 0.05) is 18.9 Å². The Kier molecular flexibility index (Phi) is 6.38. The predicted octanol–water partition coefficient (Wildman–Crippen LogP) is 3.88. The van der Waals surface area contributed by atoms with Crippen molar-refractivity contribution in [1.29, 1.82) is 0 Å². The Labute approximate surface area is 175 Å². The summed E-state index contributed by atoms with van der Waals surface area (Å²) in [6, 6.07) is 0. The molecule has 5 heteroatoms. The third-order valence-electron chi connectivity index (χ3n) is 7.72. The molecule has 2 saturated heterocycles. The van der Waals surface area contributed by atoms with Gasteiger partial charge in [-0.05, 0) is 48.5 Å². The number of epoxide rings is 1. The topological polar surface area (TPSA) is 68.3 Å². The van der Waals surface area contributed by atoms with Crippen molar-refractivity contribution in [3.05, 3.63) is 11.6 Å². The summed E-state index contributed by atoms with van der Waals surface area (Å²) in [6.45, 7) is 9.90. The number of hydrogen-bond acceptors (Lipinski definition) is 5. The van der Waals surface area contributed by atoms with Crippen LogP contribution < -0.4 is 0 Å². The van der Waals surface area contributed by atoms with Crippen LogP contribution in [0.25, 0.3) is 0 Å². The molecule has 1 N–H and O–H groups in total. The molecule has 10 unspecified atom stereocenters. The molecule has 0 amide bonds. The maximum absolute atomic E-state index is 11.7. The van der Waals surface area contributed by atoms with Crippen molar-refractivity contribution in [2.24, 2.45) is 29.6 Å². The average molecular weight is 407 g/mol. The van der Waals surface area contributed by atoms with Crippen LogP contribution in [0, 0.1) is 29.6 Å². The molecule has 0 aromatic heterocycles. The normalized spacial score (nSPS) is 44.9. The summed E-state index contributed by atoms with van der Waals surface area (Å²) in [6.07, 6.45) is 7.30. The summed E-state index contributed by atoms with van der Waals surface area (Å²) < 4.78 is 18.2. The van der Waals surface area contributed by atoms with Crippen molar-refractivity contribution in [1.82, 2.24) is 0 Å². The van der Waals surface area contributed by atoms with Gasteiger partial charge < -0.3 is 19.3 Å². The van der Waals surface area contributed by atoms with E-state index in [1.165, 1.54) is 5.57 Å². The maximum atomic E-state index is 11.7. The highest BCUT2D eigenvalue weighted by Gasteiger charge is 2.58. The quantitative estimate of drug-likeness (QED) is 0.395. The standard InChI is InChI=1S/C24H38O5/c1-5-13(2)12-27-20-9-14(3)8-19-22(20)18(15(4)23-24(19)29-23)7-6-17-10-16(25)11-21(26)28-17/h8,13-18,20,22-25H,5-7,9-12H2,1-4H3. The first-order valence-electron chi connectivity index (χ1n) is 11.7. The molecule has 164 valence electrons. The van der Waals surface area contributed by atoms with Crippen molar-refractivity contribution in [3.8, 4) is 0 Å². The molecule has 1 saturated carbocycles. The van der Waals surface area contributed by atoms with Gasteiger partial charge in [-0.15, -0.1) is 0 Å². The van der Waals surface area contributed by atoms with Crippen LogP contribution in [0.5, 0.6) is 0 Å². The number of cyclic esters (lactones) is 1. The van der Waals surface area contributed by atoms with E-state index in [4.69, 9.17) is 14.2 Å². The van der Waals surface area contributed by atoms with Crippen LogP contribution in [0.1, 0.15) is 66.2 Å². The molecule has 0 bridgehead atoms. The first-order valence-corrected chi connectivity index (χ1v) is 11.7. The highest BCUT2D eigenvalue weighted by atomic mass is 16.6. The fraction of sp³-hybridized carbons (Fsp3) is 0.875. The SMILES string of the molecule is CCC(C)COC1CC(C)C=C2C3OC3C(C)C(CCC3CC(O)CC(=O)O3)C21. The maximum Gasteiger partial charge on any atom is 0.308 e. The van der Waals surface area contributed by atoms with Gasteiger partial charge in [-0.3, -0.25) is 4.79 Å². The number of aliphatic hydroxyl groups is 1. The van der Waals surface area contributed by atoms with E-state index in [1.807, 2.05) is 0 Å². The highest BCUT2D eigenvalue weighted by molar-refractivity contribution is 5.70.